The van der Waals surface area contributed by atoms with E-state index in [4.69, 9.17) is 16.3 Å². The molecule has 20 heavy (non-hydrogen) atoms. The zero-order chi connectivity index (χ0) is 13.5. The van der Waals surface area contributed by atoms with Gasteiger partial charge in [0, 0.05) is 12.2 Å². The SMILES string of the molecule is Clc1nnc(-c2ccccc2)n1C1CCOC1C1CC1. The fraction of sp³-hybridized carbons (Fsp3) is 0.467. The van der Waals surface area contributed by atoms with Gasteiger partial charge in [-0.25, -0.2) is 0 Å². The van der Waals surface area contributed by atoms with E-state index in [-0.39, 0.29) is 12.1 Å². The van der Waals surface area contributed by atoms with Crippen LogP contribution in [0.2, 0.25) is 5.28 Å². The van der Waals surface area contributed by atoms with Crippen molar-refractivity contribution in [1.82, 2.24) is 14.8 Å². The molecule has 2 unspecified atom stereocenters. The van der Waals surface area contributed by atoms with Gasteiger partial charge in [-0.05, 0) is 36.8 Å². The number of rotatable bonds is 3. The Bertz CT molecular complexity index is 609. The molecule has 1 aromatic carbocycles. The van der Waals surface area contributed by atoms with Crippen molar-refractivity contribution in [1.29, 1.82) is 0 Å². The normalized spacial score (nSPS) is 26.1. The van der Waals surface area contributed by atoms with Gasteiger partial charge in [0.25, 0.3) is 0 Å². The molecule has 4 rings (SSSR count). The average molecular weight is 290 g/mol. The molecule has 1 aliphatic heterocycles. The van der Waals surface area contributed by atoms with Crippen LogP contribution in [0.4, 0.5) is 0 Å². The number of aromatic nitrogens is 3. The molecule has 1 saturated heterocycles. The molecule has 5 heteroatoms. The Morgan fingerprint density at radius 3 is 2.65 bits per heavy atom. The molecule has 4 nitrogen and oxygen atoms in total. The predicted molar refractivity (Wildman–Crippen MR) is 76.6 cm³/mol. The van der Waals surface area contributed by atoms with Gasteiger partial charge in [-0.2, -0.15) is 0 Å². The van der Waals surface area contributed by atoms with E-state index in [9.17, 15) is 0 Å². The highest BCUT2D eigenvalue weighted by Crippen LogP contribution is 2.45. The lowest BCUT2D eigenvalue weighted by molar-refractivity contribution is 0.0754. The lowest BCUT2D eigenvalue weighted by Gasteiger charge is -2.21. The number of benzene rings is 1. The standard InChI is InChI=1S/C15H16ClN3O/c16-15-18-17-14(11-4-2-1-3-5-11)19(15)12-8-9-20-13(12)10-6-7-10/h1-5,10,12-13H,6-9H2. The van der Waals surface area contributed by atoms with Crippen LogP contribution in [0.1, 0.15) is 25.3 Å². The van der Waals surface area contributed by atoms with Gasteiger partial charge in [0.2, 0.25) is 5.28 Å². The van der Waals surface area contributed by atoms with Crippen molar-refractivity contribution in [2.24, 2.45) is 5.92 Å². The zero-order valence-corrected chi connectivity index (χ0v) is 11.8. The van der Waals surface area contributed by atoms with Crippen molar-refractivity contribution in [2.45, 2.75) is 31.4 Å². The Morgan fingerprint density at radius 2 is 1.90 bits per heavy atom. The van der Waals surface area contributed by atoms with Crippen LogP contribution < -0.4 is 0 Å². The monoisotopic (exact) mass is 289 g/mol. The van der Waals surface area contributed by atoms with Crippen molar-refractivity contribution < 1.29 is 4.74 Å². The first-order valence-corrected chi connectivity index (χ1v) is 7.50. The van der Waals surface area contributed by atoms with Crippen LogP contribution in [-0.4, -0.2) is 27.5 Å². The van der Waals surface area contributed by atoms with E-state index >= 15 is 0 Å². The third kappa shape index (κ3) is 2.03. The largest absolute Gasteiger partial charge is 0.376 e. The summed E-state index contributed by atoms with van der Waals surface area (Å²) in [6.45, 7) is 0.800. The molecule has 2 aliphatic rings. The third-order valence-corrected chi connectivity index (χ3v) is 4.47. The van der Waals surface area contributed by atoms with Crippen LogP contribution in [0, 0.1) is 5.92 Å². The first-order valence-electron chi connectivity index (χ1n) is 7.12. The molecule has 2 heterocycles. The van der Waals surface area contributed by atoms with Crippen LogP contribution >= 0.6 is 11.6 Å². The zero-order valence-electron chi connectivity index (χ0n) is 11.1. The van der Waals surface area contributed by atoms with Crippen molar-refractivity contribution in [2.75, 3.05) is 6.61 Å². The van der Waals surface area contributed by atoms with Gasteiger partial charge in [-0.3, -0.25) is 4.57 Å². The average Bonchev–Trinajstić information content (AvgIpc) is 3.09. The van der Waals surface area contributed by atoms with Gasteiger partial charge in [0.05, 0.1) is 12.1 Å². The van der Waals surface area contributed by atoms with E-state index < -0.39 is 0 Å². The Hall–Kier alpha value is -1.39. The minimum absolute atomic E-state index is 0.264. The summed E-state index contributed by atoms with van der Waals surface area (Å²) >= 11 is 6.30. The molecule has 0 radical (unpaired) electrons. The smallest absolute Gasteiger partial charge is 0.225 e. The van der Waals surface area contributed by atoms with Crippen LogP contribution in [0.3, 0.4) is 0 Å². The molecule has 1 aromatic heterocycles. The fourth-order valence-corrected chi connectivity index (χ4v) is 3.34. The van der Waals surface area contributed by atoms with Crippen LogP contribution in [0.25, 0.3) is 11.4 Å². The van der Waals surface area contributed by atoms with E-state index in [0.29, 0.717) is 11.2 Å². The molecule has 0 N–H and O–H groups in total. The van der Waals surface area contributed by atoms with E-state index in [2.05, 4.69) is 14.8 Å². The molecule has 0 amide bonds. The predicted octanol–water partition coefficient (Wildman–Crippen LogP) is 3.34. The fourth-order valence-electron chi connectivity index (χ4n) is 3.10. The number of halogens is 1. The Kier molecular flexibility index (Phi) is 3.00. The van der Waals surface area contributed by atoms with Gasteiger partial charge in [0.15, 0.2) is 5.82 Å². The first-order chi connectivity index (χ1) is 9.84. The molecule has 2 atom stereocenters. The van der Waals surface area contributed by atoms with E-state index in [1.165, 1.54) is 12.8 Å². The van der Waals surface area contributed by atoms with E-state index in [0.717, 1.165) is 24.4 Å². The molecular formula is C15H16ClN3O. The first kappa shape index (κ1) is 12.4. The summed E-state index contributed by atoms with van der Waals surface area (Å²) in [7, 11) is 0. The summed E-state index contributed by atoms with van der Waals surface area (Å²) in [6, 6.07) is 10.4. The highest BCUT2D eigenvalue weighted by atomic mass is 35.5. The van der Waals surface area contributed by atoms with Crippen LogP contribution in [-0.2, 0) is 4.74 Å². The van der Waals surface area contributed by atoms with Gasteiger partial charge >= 0.3 is 0 Å². The number of hydrogen-bond acceptors (Lipinski definition) is 3. The van der Waals surface area contributed by atoms with Crippen molar-refractivity contribution in [3.05, 3.63) is 35.6 Å². The van der Waals surface area contributed by atoms with Crippen molar-refractivity contribution in [3.8, 4) is 11.4 Å². The maximum atomic E-state index is 6.30. The molecule has 0 spiro atoms. The number of ether oxygens (including phenoxy) is 1. The molecular weight excluding hydrogens is 274 g/mol. The van der Waals surface area contributed by atoms with Gasteiger partial charge < -0.3 is 4.74 Å². The summed E-state index contributed by atoms with van der Waals surface area (Å²) in [5.41, 5.74) is 1.05. The van der Waals surface area contributed by atoms with Crippen molar-refractivity contribution in [3.63, 3.8) is 0 Å². The summed E-state index contributed by atoms with van der Waals surface area (Å²) in [5, 5.41) is 8.81. The molecule has 2 fully saturated rings. The Labute approximate surface area is 122 Å². The molecule has 2 aromatic rings. The number of hydrogen-bond donors (Lipinski definition) is 0. The second kappa shape index (κ2) is 4.86. The topological polar surface area (TPSA) is 39.9 Å². The molecule has 1 saturated carbocycles. The minimum atomic E-state index is 0.264. The van der Waals surface area contributed by atoms with Crippen molar-refractivity contribution >= 4 is 11.6 Å². The second-order valence-electron chi connectivity index (χ2n) is 5.56. The van der Waals surface area contributed by atoms with E-state index in [1.54, 1.807) is 0 Å². The van der Waals surface area contributed by atoms with Gasteiger partial charge in [-0.1, -0.05) is 30.3 Å². The van der Waals surface area contributed by atoms with Crippen LogP contribution in [0.15, 0.2) is 30.3 Å². The minimum Gasteiger partial charge on any atom is -0.376 e. The highest BCUT2D eigenvalue weighted by Gasteiger charge is 2.43. The summed E-state index contributed by atoms with van der Waals surface area (Å²) in [6.07, 6.45) is 3.79. The lowest BCUT2D eigenvalue weighted by Crippen LogP contribution is -2.23. The highest BCUT2D eigenvalue weighted by molar-refractivity contribution is 6.28. The summed E-state index contributed by atoms with van der Waals surface area (Å²) < 4.78 is 7.99. The third-order valence-electron chi connectivity index (χ3n) is 4.21. The quantitative estimate of drug-likeness (QED) is 0.870. The van der Waals surface area contributed by atoms with Gasteiger partial charge in [0.1, 0.15) is 0 Å². The van der Waals surface area contributed by atoms with Gasteiger partial charge in [-0.15, -0.1) is 10.2 Å². The van der Waals surface area contributed by atoms with Crippen LogP contribution in [0.5, 0.6) is 0 Å². The molecule has 104 valence electrons. The Balaban J connectivity index is 1.76. The lowest BCUT2D eigenvalue weighted by atomic mass is 10.1. The molecule has 1 aliphatic carbocycles. The summed E-state index contributed by atoms with van der Waals surface area (Å²) in [5.74, 6) is 1.53. The second-order valence-corrected chi connectivity index (χ2v) is 5.90. The summed E-state index contributed by atoms with van der Waals surface area (Å²) in [4.78, 5) is 0. The maximum Gasteiger partial charge on any atom is 0.225 e. The maximum absolute atomic E-state index is 6.30. The molecule has 0 bridgehead atoms. The number of nitrogens with zero attached hydrogens (tertiary/aromatic N) is 3. The Morgan fingerprint density at radius 1 is 1.10 bits per heavy atom. The van der Waals surface area contributed by atoms with E-state index in [1.807, 2.05) is 30.3 Å².